The number of nitrogens with zero attached hydrogens (tertiary/aromatic N) is 2. The number of hydrogen-bond acceptors (Lipinski definition) is 5. The number of para-hydroxylation sites is 2. The predicted octanol–water partition coefficient (Wildman–Crippen LogP) is 4.11. The number of nitrogens with one attached hydrogen (secondary N) is 1. The van der Waals surface area contributed by atoms with Crippen LogP contribution < -0.4 is 14.8 Å². The molecule has 130 valence electrons. The Balaban J connectivity index is 1.57. The van der Waals surface area contributed by atoms with Gasteiger partial charge in [-0.05, 0) is 32.0 Å². The van der Waals surface area contributed by atoms with E-state index in [1.54, 1.807) is 11.3 Å². The van der Waals surface area contributed by atoms with Gasteiger partial charge in [-0.3, -0.25) is 0 Å². The molecule has 1 atom stereocenters. The van der Waals surface area contributed by atoms with E-state index in [0.29, 0.717) is 6.61 Å². The SMILES string of the molecule is CNc1nc(-c2cc(C)n(CC3COc4ccccc4O3)c2C)cs1. The standard InChI is InChI=1S/C19H21N3O2S/c1-12-8-15(16-11-25-19(20-3)21-16)13(2)22(12)9-14-10-23-17-6-4-5-7-18(17)24-14/h4-8,11,14H,9-10H2,1-3H3,(H,20,21). The predicted molar refractivity (Wildman–Crippen MR) is 101 cm³/mol. The van der Waals surface area contributed by atoms with Gasteiger partial charge in [0.25, 0.3) is 0 Å². The van der Waals surface area contributed by atoms with Crippen LogP contribution in [0, 0.1) is 13.8 Å². The molecular weight excluding hydrogens is 334 g/mol. The van der Waals surface area contributed by atoms with Crippen molar-refractivity contribution >= 4 is 16.5 Å². The summed E-state index contributed by atoms with van der Waals surface area (Å²) in [4.78, 5) is 4.63. The summed E-state index contributed by atoms with van der Waals surface area (Å²) in [5.41, 5.74) is 4.59. The molecule has 0 fully saturated rings. The molecule has 0 saturated carbocycles. The topological polar surface area (TPSA) is 48.3 Å². The third kappa shape index (κ3) is 2.98. The van der Waals surface area contributed by atoms with Gasteiger partial charge in [0.1, 0.15) is 6.61 Å². The van der Waals surface area contributed by atoms with Crippen LogP contribution in [-0.2, 0) is 6.54 Å². The van der Waals surface area contributed by atoms with Gasteiger partial charge in [0.05, 0.1) is 12.2 Å². The summed E-state index contributed by atoms with van der Waals surface area (Å²) < 4.78 is 14.2. The molecule has 3 aromatic rings. The van der Waals surface area contributed by atoms with E-state index >= 15 is 0 Å². The lowest BCUT2D eigenvalue weighted by molar-refractivity contribution is 0.0778. The van der Waals surface area contributed by atoms with Crippen molar-refractivity contribution in [1.29, 1.82) is 0 Å². The van der Waals surface area contributed by atoms with Gasteiger partial charge in [-0.25, -0.2) is 4.98 Å². The minimum absolute atomic E-state index is 0.00384. The highest BCUT2D eigenvalue weighted by atomic mass is 32.1. The molecular formula is C19H21N3O2S. The van der Waals surface area contributed by atoms with Crippen LogP contribution in [0.1, 0.15) is 11.4 Å². The van der Waals surface area contributed by atoms with Crippen LogP contribution >= 0.6 is 11.3 Å². The first-order valence-corrected chi connectivity index (χ1v) is 9.22. The van der Waals surface area contributed by atoms with E-state index in [1.807, 2.05) is 31.3 Å². The van der Waals surface area contributed by atoms with Crippen molar-refractivity contribution in [3.8, 4) is 22.8 Å². The second kappa shape index (κ2) is 6.44. The van der Waals surface area contributed by atoms with Gasteiger partial charge in [-0.1, -0.05) is 12.1 Å². The highest BCUT2D eigenvalue weighted by Gasteiger charge is 2.23. The van der Waals surface area contributed by atoms with E-state index in [2.05, 4.69) is 40.2 Å². The van der Waals surface area contributed by atoms with Crippen molar-refractivity contribution in [3.05, 3.63) is 47.1 Å². The van der Waals surface area contributed by atoms with Crippen molar-refractivity contribution in [3.63, 3.8) is 0 Å². The van der Waals surface area contributed by atoms with E-state index in [9.17, 15) is 0 Å². The molecule has 0 bridgehead atoms. The second-order valence-electron chi connectivity index (χ2n) is 6.18. The lowest BCUT2D eigenvalue weighted by Gasteiger charge is -2.27. The zero-order valence-corrected chi connectivity index (χ0v) is 15.4. The number of fused-ring (bicyclic) bond motifs is 1. The number of benzene rings is 1. The molecule has 0 amide bonds. The van der Waals surface area contributed by atoms with Gasteiger partial charge in [0, 0.05) is 29.4 Å². The molecule has 0 saturated heterocycles. The van der Waals surface area contributed by atoms with Gasteiger partial charge >= 0.3 is 0 Å². The molecule has 1 aliphatic heterocycles. The van der Waals surface area contributed by atoms with Gasteiger partial charge in [0.15, 0.2) is 22.7 Å². The number of aromatic nitrogens is 2. The Bertz CT molecular complexity index is 900. The Kier molecular flexibility index (Phi) is 4.13. The van der Waals surface area contributed by atoms with Crippen LogP contribution in [0.25, 0.3) is 11.3 Å². The summed E-state index contributed by atoms with van der Waals surface area (Å²) in [6.45, 7) is 5.58. The Labute approximate surface area is 151 Å². The number of rotatable bonds is 4. The largest absolute Gasteiger partial charge is 0.486 e. The second-order valence-corrected chi connectivity index (χ2v) is 7.04. The fraction of sp³-hybridized carbons (Fsp3) is 0.316. The zero-order valence-electron chi connectivity index (χ0n) is 14.6. The van der Waals surface area contributed by atoms with Gasteiger partial charge < -0.3 is 19.4 Å². The lowest BCUT2D eigenvalue weighted by atomic mass is 10.2. The summed E-state index contributed by atoms with van der Waals surface area (Å²) in [6, 6.07) is 10.0. The van der Waals surface area contributed by atoms with Gasteiger partial charge in [-0.15, -0.1) is 11.3 Å². The monoisotopic (exact) mass is 355 g/mol. The fourth-order valence-electron chi connectivity index (χ4n) is 3.21. The van der Waals surface area contributed by atoms with Crippen LogP contribution in [0.15, 0.2) is 35.7 Å². The van der Waals surface area contributed by atoms with Crippen LogP contribution in [-0.4, -0.2) is 29.3 Å². The van der Waals surface area contributed by atoms with E-state index in [-0.39, 0.29) is 6.10 Å². The average Bonchev–Trinajstić information content (AvgIpc) is 3.21. The van der Waals surface area contributed by atoms with Crippen LogP contribution in [0.5, 0.6) is 11.5 Å². The Morgan fingerprint density at radius 2 is 2.08 bits per heavy atom. The molecule has 0 aliphatic carbocycles. The summed E-state index contributed by atoms with van der Waals surface area (Å²) in [7, 11) is 1.89. The van der Waals surface area contributed by atoms with Gasteiger partial charge in [0.2, 0.25) is 0 Å². The highest BCUT2D eigenvalue weighted by Crippen LogP contribution is 2.33. The van der Waals surface area contributed by atoms with E-state index in [1.165, 1.54) is 17.0 Å². The minimum atomic E-state index is -0.00384. The lowest BCUT2D eigenvalue weighted by Crippen LogP contribution is -2.33. The molecule has 5 nitrogen and oxygen atoms in total. The summed E-state index contributed by atoms with van der Waals surface area (Å²) in [5, 5.41) is 6.12. The molecule has 0 radical (unpaired) electrons. The van der Waals surface area contributed by atoms with Crippen molar-refractivity contribution in [2.45, 2.75) is 26.5 Å². The Morgan fingerprint density at radius 1 is 1.28 bits per heavy atom. The fourth-order valence-corrected chi connectivity index (χ4v) is 3.88. The van der Waals surface area contributed by atoms with Crippen LogP contribution in [0.2, 0.25) is 0 Å². The maximum absolute atomic E-state index is 6.11. The number of hydrogen-bond donors (Lipinski definition) is 1. The van der Waals surface area contributed by atoms with Crippen molar-refractivity contribution < 1.29 is 9.47 Å². The van der Waals surface area contributed by atoms with Gasteiger partial charge in [-0.2, -0.15) is 0 Å². The molecule has 3 heterocycles. The first kappa shape index (κ1) is 16.0. The maximum atomic E-state index is 6.11. The number of ether oxygens (including phenoxy) is 2. The first-order valence-electron chi connectivity index (χ1n) is 8.34. The molecule has 1 unspecified atom stereocenters. The molecule has 0 spiro atoms. The molecule has 4 rings (SSSR count). The number of aryl methyl sites for hydroxylation is 1. The average molecular weight is 355 g/mol. The Morgan fingerprint density at radius 3 is 2.84 bits per heavy atom. The maximum Gasteiger partial charge on any atom is 0.182 e. The van der Waals surface area contributed by atoms with E-state index in [0.717, 1.165) is 28.9 Å². The van der Waals surface area contributed by atoms with Crippen LogP contribution in [0.3, 0.4) is 0 Å². The van der Waals surface area contributed by atoms with Crippen molar-refractivity contribution in [2.75, 3.05) is 19.0 Å². The summed E-state index contributed by atoms with van der Waals surface area (Å²) in [6.07, 6.45) is -0.00384. The molecule has 25 heavy (non-hydrogen) atoms. The normalized spacial score (nSPS) is 16.0. The molecule has 2 aromatic heterocycles. The molecule has 1 aliphatic rings. The van der Waals surface area contributed by atoms with E-state index < -0.39 is 0 Å². The highest BCUT2D eigenvalue weighted by molar-refractivity contribution is 7.14. The van der Waals surface area contributed by atoms with Crippen molar-refractivity contribution in [1.82, 2.24) is 9.55 Å². The summed E-state index contributed by atoms with van der Waals surface area (Å²) >= 11 is 1.62. The molecule has 6 heteroatoms. The number of anilines is 1. The smallest absolute Gasteiger partial charge is 0.182 e. The van der Waals surface area contributed by atoms with Crippen molar-refractivity contribution in [2.24, 2.45) is 0 Å². The third-order valence-electron chi connectivity index (χ3n) is 4.52. The summed E-state index contributed by atoms with van der Waals surface area (Å²) in [5.74, 6) is 1.64. The zero-order chi connectivity index (χ0) is 17.4. The minimum Gasteiger partial charge on any atom is -0.486 e. The molecule has 1 N–H and O–H groups in total. The molecule has 1 aromatic carbocycles. The van der Waals surface area contributed by atoms with E-state index in [4.69, 9.17) is 9.47 Å². The first-order chi connectivity index (χ1) is 12.2. The Hall–Kier alpha value is -2.47. The quantitative estimate of drug-likeness (QED) is 0.765. The third-order valence-corrected chi connectivity index (χ3v) is 5.38. The van der Waals surface area contributed by atoms with Crippen LogP contribution in [0.4, 0.5) is 5.13 Å². The number of thiazole rings is 1.